The number of ether oxygens (including phenoxy) is 2. The van der Waals surface area contributed by atoms with E-state index in [9.17, 15) is 18.0 Å². The Balaban J connectivity index is 2.03. The smallest absolute Gasteiger partial charge is 0.416 e. The lowest BCUT2D eigenvalue weighted by Crippen LogP contribution is -2.42. The molecule has 0 saturated carbocycles. The second-order valence-corrected chi connectivity index (χ2v) is 7.07. The third kappa shape index (κ3) is 5.44. The molecule has 1 atom stereocenters. The number of nitrogens with zero attached hydrogens (tertiary/aromatic N) is 1. The molecule has 0 aromatic heterocycles. The Labute approximate surface area is 144 Å². The van der Waals surface area contributed by atoms with Crippen LogP contribution >= 0.6 is 0 Å². The molecular weight excluding hydrogens is 337 g/mol. The summed E-state index contributed by atoms with van der Waals surface area (Å²) in [6.45, 7) is 5.95. The van der Waals surface area contributed by atoms with Gasteiger partial charge in [-0.25, -0.2) is 4.79 Å². The van der Waals surface area contributed by atoms with E-state index in [0.717, 1.165) is 18.6 Å². The van der Waals surface area contributed by atoms with Gasteiger partial charge in [-0.3, -0.25) is 0 Å². The molecule has 1 saturated heterocycles. The topological polar surface area (TPSA) is 64.8 Å². The number of amides is 1. The van der Waals surface area contributed by atoms with Crippen LogP contribution in [0.4, 0.5) is 23.7 Å². The van der Waals surface area contributed by atoms with Crippen LogP contribution in [0.1, 0.15) is 39.2 Å². The maximum Gasteiger partial charge on any atom is 0.416 e. The summed E-state index contributed by atoms with van der Waals surface area (Å²) in [4.78, 5) is 13.8. The lowest BCUT2D eigenvalue weighted by molar-refractivity contribution is -0.137. The Bertz CT molecular complexity index is 627. The minimum Gasteiger partial charge on any atom is -0.491 e. The Hall–Kier alpha value is -2.12. The average Bonchev–Trinajstić information content (AvgIpc) is 2.90. The normalized spacial score (nSPS) is 18.3. The van der Waals surface area contributed by atoms with Crippen LogP contribution in [0.3, 0.4) is 0 Å². The number of benzene rings is 1. The van der Waals surface area contributed by atoms with Crippen LogP contribution in [0.2, 0.25) is 0 Å². The van der Waals surface area contributed by atoms with Gasteiger partial charge in [0.05, 0.1) is 11.6 Å². The minimum absolute atomic E-state index is 0.0276. The molecule has 8 heteroatoms. The van der Waals surface area contributed by atoms with E-state index >= 15 is 0 Å². The van der Waals surface area contributed by atoms with E-state index in [4.69, 9.17) is 15.2 Å². The Morgan fingerprint density at radius 3 is 2.56 bits per heavy atom. The van der Waals surface area contributed by atoms with E-state index < -0.39 is 23.4 Å². The van der Waals surface area contributed by atoms with Crippen molar-refractivity contribution >= 4 is 11.8 Å². The van der Waals surface area contributed by atoms with Crippen molar-refractivity contribution in [2.45, 2.75) is 51.4 Å². The number of nitrogens with two attached hydrogens (primary N) is 1. The van der Waals surface area contributed by atoms with Crippen molar-refractivity contribution in [1.82, 2.24) is 4.90 Å². The fourth-order valence-electron chi connectivity index (χ4n) is 2.63. The molecular formula is C17H23F3N2O3. The second kappa shape index (κ2) is 7.01. The highest BCUT2D eigenvalue weighted by Crippen LogP contribution is 2.33. The number of likely N-dealkylation sites (tertiary alicyclic amines) is 1. The standard InChI is InChI=1S/C17H23F3N2O3/c1-16(2,3)25-15(23)22-6-4-5-13(22)10-24-14-8-11(17(18,19)20)7-12(21)9-14/h7-9,13H,4-6,10,21H2,1-3H3. The fourth-order valence-corrected chi connectivity index (χ4v) is 2.63. The van der Waals surface area contributed by atoms with Crippen molar-refractivity contribution in [3.05, 3.63) is 23.8 Å². The maximum absolute atomic E-state index is 12.8. The summed E-state index contributed by atoms with van der Waals surface area (Å²) >= 11 is 0. The molecule has 1 aliphatic heterocycles. The summed E-state index contributed by atoms with van der Waals surface area (Å²) in [7, 11) is 0. The molecule has 0 bridgehead atoms. The Morgan fingerprint density at radius 1 is 1.28 bits per heavy atom. The minimum atomic E-state index is -4.50. The van der Waals surface area contributed by atoms with Crippen LogP contribution in [0.5, 0.6) is 5.75 Å². The van der Waals surface area contributed by atoms with Gasteiger partial charge < -0.3 is 20.1 Å². The third-order valence-corrected chi connectivity index (χ3v) is 3.70. The van der Waals surface area contributed by atoms with Crippen molar-refractivity contribution in [3.8, 4) is 5.75 Å². The molecule has 1 aromatic rings. The summed E-state index contributed by atoms with van der Waals surface area (Å²) in [5.74, 6) is 0.0309. The highest BCUT2D eigenvalue weighted by atomic mass is 19.4. The van der Waals surface area contributed by atoms with E-state index in [1.165, 1.54) is 6.07 Å². The summed E-state index contributed by atoms with van der Waals surface area (Å²) in [6.07, 6.45) is -3.45. The summed E-state index contributed by atoms with van der Waals surface area (Å²) in [5, 5.41) is 0. The summed E-state index contributed by atoms with van der Waals surface area (Å²) < 4.78 is 49.3. The number of anilines is 1. The number of halogens is 3. The fraction of sp³-hybridized carbons (Fsp3) is 0.588. The number of hydrogen-bond acceptors (Lipinski definition) is 4. The van der Waals surface area contributed by atoms with E-state index in [1.807, 2.05) is 0 Å². The van der Waals surface area contributed by atoms with Crippen molar-refractivity contribution in [2.24, 2.45) is 0 Å². The van der Waals surface area contributed by atoms with Gasteiger partial charge in [0.15, 0.2) is 0 Å². The Kier molecular flexibility index (Phi) is 5.39. The third-order valence-electron chi connectivity index (χ3n) is 3.70. The number of alkyl halides is 3. The molecule has 1 heterocycles. The van der Waals surface area contributed by atoms with E-state index in [-0.39, 0.29) is 24.1 Å². The van der Waals surface area contributed by atoms with Gasteiger partial charge in [0.1, 0.15) is 18.0 Å². The number of nitrogen functional groups attached to an aromatic ring is 1. The zero-order valence-electron chi connectivity index (χ0n) is 14.5. The molecule has 1 aromatic carbocycles. The first-order valence-corrected chi connectivity index (χ1v) is 8.06. The lowest BCUT2D eigenvalue weighted by Gasteiger charge is -2.28. The molecule has 1 amide bonds. The van der Waals surface area contributed by atoms with E-state index in [2.05, 4.69) is 0 Å². The highest BCUT2D eigenvalue weighted by molar-refractivity contribution is 5.69. The largest absolute Gasteiger partial charge is 0.491 e. The highest BCUT2D eigenvalue weighted by Gasteiger charge is 2.33. The van der Waals surface area contributed by atoms with Crippen LogP contribution in [0, 0.1) is 0 Å². The zero-order valence-corrected chi connectivity index (χ0v) is 14.5. The maximum atomic E-state index is 12.8. The molecule has 1 fully saturated rings. The van der Waals surface area contributed by atoms with Crippen molar-refractivity contribution in [3.63, 3.8) is 0 Å². The van der Waals surface area contributed by atoms with Crippen molar-refractivity contribution < 1.29 is 27.4 Å². The molecule has 1 aliphatic rings. The first kappa shape index (κ1) is 19.2. The van der Waals surface area contributed by atoms with Gasteiger partial charge in [-0.15, -0.1) is 0 Å². The van der Waals surface area contributed by atoms with Crippen molar-refractivity contribution in [1.29, 1.82) is 0 Å². The van der Waals surface area contributed by atoms with E-state index in [1.54, 1.807) is 25.7 Å². The molecule has 1 unspecified atom stereocenters. The SMILES string of the molecule is CC(C)(C)OC(=O)N1CCCC1COc1cc(N)cc(C(F)(F)F)c1. The predicted molar refractivity (Wildman–Crippen MR) is 87.3 cm³/mol. The number of hydrogen-bond donors (Lipinski definition) is 1. The van der Waals surface area contributed by atoms with Gasteiger partial charge in [0.2, 0.25) is 0 Å². The van der Waals surface area contributed by atoms with Crippen LogP contribution in [0.15, 0.2) is 18.2 Å². The van der Waals surface area contributed by atoms with Crippen molar-refractivity contribution in [2.75, 3.05) is 18.9 Å². The zero-order chi connectivity index (χ0) is 18.8. The summed E-state index contributed by atoms with van der Waals surface area (Å²) in [5.41, 5.74) is 4.02. The molecule has 2 rings (SSSR count). The van der Waals surface area contributed by atoms with E-state index in [0.29, 0.717) is 13.0 Å². The number of carbonyl (C=O) groups is 1. The van der Waals surface area contributed by atoms with Crippen LogP contribution < -0.4 is 10.5 Å². The molecule has 0 aliphatic carbocycles. The molecule has 140 valence electrons. The first-order chi connectivity index (χ1) is 11.5. The van der Waals surface area contributed by atoms with Gasteiger partial charge in [-0.05, 0) is 45.7 Å². The quantitative estimate of drug-likeness (QED) is 0.826. The monoisotopic (exact) mass is 360 g/mol. The second-order valence-electron chi connectivity index (χ2n) is 7.07. The van der Waals surface area contributed by atoms with Gasteiger partial charge in [0, 0.05) is 18.3 Å². The van der Waals surface area contributed by atoms with Crippen LogP contribution in [-0.4, -0.2) is 35.8 Å². The molecule has 25 heavy (non-hydrogen) atoms. The lowest BCUT2D eigenvalue weighted by atomic mass is 10.2. The summed E-state index contributed by atoms with van der Waals surface area (Å²) in [6, 6.07) is 2.85. The van der Waals surface area contributed by atoms with Gasteiger partial charge in [-0.1, -0.05) is 0 Å². The Morgan fingerprint density at radius 2 is 1.96 bits per heavy atom. The average molecular weight is 360 g/mol. The molecule has 0 spiro atoms. The molecule has 5 nitrogen and oxygen atoms in total. The van der Waals surface area contributed by atoms with Crippen LogP contribution in [0.25, 0.3) is 0 Å². The predicted octanol–water partition coefficient (Wildman–Crippen LogP) is 4.07. The first-order valence-electron chi connectivity index (χ1n) is 8.06. The molecule has 2 N–H and O–H groups in total. The number of rotatable bonds is 3. The van der Waals surface area contributed by atoms with Crippen LogP contribution in [-0.2, 0) is 10.9 Å². The number of carbonyl (C=O) groups excluding carboxylic acids is 1. The molecule has 0 radical (unpaired) electrons. The van der Waals surface area contributed by atoms with Gasteiger partial charge in [0.25, 0.3) is 0 Å². The van der Waals surface area contributed by atoms with Gasteiger partial charge in [-0.2, -0.15) is 13.2 Å². The van der Waals surface area contributed by atoms with Gasteiger partial charge >= 0.3 is 12.3 Å².